The number of benzene rings is 4. The van der Waals surface area contributed by atoms with Gasteiger partial charge in [-0.1, -0.05) is 90.0 Å². The third kappa shape index (κ3) is 5.02. The third-order valence-corrected chi connectivity index (χ3v) is 8.13. The van der Waals surface area contributed by atoms with Crippen molar-refractivity contribution in [2.24, 2.45) is 5.10 Å². The smallest absolute Gasteiger partial charge is 0.336 e. The first kappa shape index (κ1) is 28.1. The van der Waals surface area contributed by atoms with Crippen molar-refractivity contribution in [3.05, 3.63) is 148 Å². The number of carbonyl (C=O) groups is 3. The van der Waals surface area contributed by atoms with Gasteiger partial charge in [-0.2, -0.15) is 5.10 Å². The van der Waals surface area contributed by atoms with Gasteiger partial charge in [0.05, 0.1) is 24.9 Å². The molecule has 0 fully saturated rings. The lowest BCUT2D eigenvalue weighted by atomic mass is 9.70. The van der Waals surface area contributed by atoms with E-state index >= 15 is 0 Å². The second-order valence-electron chi connectivity index (χ2n) is 10.6. The number of hydrogen-bond donors (Lipinski definition) is 0. The van der Waals surface area contributed by atoms with Crippen molar-refractivity contribution >= 4 is 40.8 Å². The molecule has 0 N–H and O–H groups in total. The van der Waals surface area contributed by atoms with Crippen LogP contribution in [0.4, 0.5) is 5.69 Å². The van der Waals surface area contributed by atoms with Crippen LogP contribution in [0.25, 0.3) is 0 Å². The Balaban J connectivity index is 1.60. The van der Waals surface area contributed by atoms with E-state index in [1.165, 1.54) is 13.3 Å². The molecule has 4 aromatic rings. The lowest BCUT2D eigenvalue weighted by Crippen LogP contribution is -2.45. The minimum absolute atomic E-state index is 0.00535. The van der Waals surface area contributed by atoms with Crippen molar-refractivity contribution in [3.8, 4) is 0 Å². The summed E-state index contributed by atoms with van der Waals surface area (Å²) < 4.78 is 5.27. The SMILES string of the molecule is COC(=O)C1=CN(C(=O)c2ccccc2)N=C(c2ccc(C)cc2)CC12C(=O)N(Cc1ccccc1)c1ccc(Cl)cc12. The molecule has 2 heterocycles. The predicted molar refractivity (Wildman–Crippen MR) is 166 cm³/mol. The van der Waals surface area contributed by atoms with Crippen LogP contribution in [0.15, 0.2) is 120 Å². The number of ether oxygens (including phenoxy) is 1. The molecule has 4 aromatic carbocycles. The number of halogens is 1. The number of methoxy groups -OCH3 is 1. The molecule has 2 aliphatic heterocycles. The lowest BCUT2D eigenvalue weighted by molar-refractivity contribution is -0.138. The Morgan fingerprint density at radius 2 is 1.60 bits per heavy atom. The standard InChI is InChI=1S/C35H28ClN3O4/c1-23-13-15-25(16-14-23)30-20-35(29(33(41)43-2)22-39(37-30)32(40)26-11-7-4-8-12-26)28-19-27(36)17-18-31(28)38(34(35)42)21-24-9-5-3-6-10-24/h3-19,22H,20-21H2,1-2H3. The largest absolute Gasteiger partial charge is 0.466 e. The first-order valence-corrected chi connectivity index (χ1v) is 14.2. The first-order chi connectivity index (χ1) is 20.8. The highest BCUT2D eigenvalue weighted by molar-refractivity contribution is 6.31. The molecule has 7 nitrogen and oxygen atoms in total. The van der Waals surface area contributed by atoms with Gasteiger partial charge in [0.2, 0.25) is 5.91 Å². The van der Waals surface area contributed by atoms with Gasteiger partial charge in [0.15, 0.2) is 0 Å². The highest BCUT2D eigenvalue weighted by Gasteiger charge is 2.57. The zero-order valence-corrected chi connectivity index (χ0v) is 24.4. The van der Waals surface area contributed by atoms with E-state index in [2.05, 4.69) is 0 Å². The van der Waals surface area contributed by atoms with Gasteiger partial charge >= 0.3 is 5.97 Å². The Morgan fingerprint density at radius 1 is 0.930 bits per heavy atom. The summed E-state index contributed by atoms with van der Waals surface area (Å²) in [7, 11) is 1.26. The number of aryl methyl sites for hydroxylation is 1. The average molecular weight is 590 g/mol. The van der Waals surface area contributed by atoms with E-state index in [4.69, 9.17) is 21.4 Å². The second kappa shape index (κ2) is 11.3. The quantitative estimate of drug-likeness (QED) is 0.251. The van der Waals surface area contributed by atoms with E-state index in [0.29, 0.717) is 33.1 Å². The summed E-state index contributed by atoms with van der Waals surface area (Å²) >= 11 is 6.55. The number of hydrazone groups is 1. The number of carbonyl (C=O) groups excluding carboxylic acids is 3. The monoisotopic (exact) mass is 589 g/mol. The van der Waals surface area contributed by atoms with Crippen LogP contribution < -0.4 is 4.90 Å². The van der Waals surface area contributed by atoms with Crippen LogP contribution in [-0.2, 0) is 26.3 Å². The second-order valence-corrected chi connectivity index (χ2v) is 11.0. The van der Waals surface area contributed by atoms with Gasteiger partial charge in [-0.05, 0) is 53.9 Å². The van der Waals surface area contributed by atoms with E-state index in [1.807, 2.05) is 67.6 Å². The number of esters is 1. The normalized spacial score (nSPS) is 17.7. The molecule has 0 aromatic heterocycles. The molecule has 0 radical (unpaired) electrons. The van der Waals surface area contributed by atoms with Crippen LogP contribution in [0.1, 0.15) is 39.0 Å². The minimum atomic E-state index is -1.57. The summed E-state index contributed by atoms with van der Waals surface area (Å²) in [6.07, 6.45) is 1.34. The minimum Gasteiger partial charge on any atom is -0.466 e. The highest BCUT2D eigenvalue weighted by Crippen LogP contribution is 2.51. The first-order valence-electron chi connectivity index (χ1n) is 13.8. The van der Waals surface area contributed by atoms with Gasteiger partial charge in [0, 0.05) is 28.9 Å². The summed E-state index contributed by atoms with van der Waals surface area (Å²) in [4.78, 5) is 44.1. The van der Waals surface area contributed by atoms with E-state index in [0.717, 1.165) is 16.1 Å². The Hall–Kier alpha value is -5.01. The maximum absolute atomic E-state index is 14.9. The number of hydrogen-bond acceptors (Lipinski definition) is 5. The number of anilines is 1. The fourth-order valence-corrected chi connectivity index (χ4v) is 5.90. The van der Waals surface area contributed by atoms with Crippen molar-refractivity contribution in [1.29, 1.82) is 0 Å². The van der Waals surface area contributed by atoms with Crippen LogP contribution in [0.2, 0.25) is 5.02 Å². The van der Waals surface area contributed by atoms with E-state index in [9.17, 15) is 14.4 Å². The van der Waals surface area contributed by atoms with Gasteiger partial charge in [-0.15, -0.1) is 0 Å². The van der Waals surface area contributed by atoms with Crippen LogP contribution >= 0.6 is 11.6 Å². The number of rotatable bonds is 5. The van der Waals surface area contributed by atoms with Gasteiger partial charge in [0.1, 0.15) is 5.41 Å². The van der Waals surface area contributed by atoms with Crippen molar-refractivity contribution in [1.82, 2.24) is 5.01 Å². The number of nitrogens with zero attached hydrogens (tertiary/aromatic N) is 3. The zero-order chi connectivity index (χ0) is 30.1. The van der Waals surface area contributed by atoms with Gasteiger partial charge in [-0.25, -0.2) is 9.80 Å². The number of fused-ring (bicyclic) bond motifs is 2. The van der Waals surface area contributed by atoms with Crippen molar-refractivity contribution < 1.29 is 19.1 Å². The van der Waals surface area contributed by atoms with Crippen molar-refractivity contribution in [2.75, 3.05) is 12.0 Å². The molecule has 0 bridgehead atoms. The molecule has 6 rings (SSSR count). The molecule has 0 saturated heterocycles. The fourth-order valence-electron chi connectivity index (χ4n) is 5.73. The highest BCUT2D eigenvalue weighted by atomic mass is 35.5. The topological polar surface area (TPSA) is 79.3 Å². The average Bonchev–Trinajstić information content (AvgIpc) is 3.15. The molecular formula is C35H28ClN3O4. The molecule has 1 unspecified atom stereocenters. The summed E-state index contributed by atoms with van der Waals surface area (Å²) in [6.45, 7) is 2.25. The summed E-state index contributed by atoms with van der Waals surface area (Å²) in [5.74, 6) is -1.53. The molecule has 214 valence electrons. The zero-order valence-electron chi connectivity index (χ0n) is 23.7. The molecule has 2 aliphatic rings. The molecule has 1 atom stereocenters. The summed E-state index contributed by atoms with van der Waals surface area (Å²) in [5, 5.41) is 6.34. The van der Waals surface area contributed by atoms with E-state index in [-0.39, 0.29) is 24.4 Å². The van der Waals surface area contributed by atoms with Crippen molar-refractivity contribution in [3.63, 3.8) is 0 Å². The van der Waals surface area contributed by atoms with Gasteiger partial charge in [-0.3, -0.25) is 9.59 Å². The maximum atomic E-state index is 14.9. The Kier molecular flexibility index (Phi) is 7.42. The van der Waals surface area contributed by atoms with Gasteiger partial charge in [0.25, 0.3) is 5.91 Å². The fraction of sp³-hybridized carbons (Fsp3) is 0.143. The molecule has 0 saturated carbocycles. The Morgan fingerprint density at radius 3 is 2.28 bits per heavy atom. The molecule has 1 spiro atoms. The van der Waals surface area contributed by atoms with Crippen LogP contribution in [-0.4, -0.2) is 35.6 Å². The van der Waals surface area contributed by atoms with Crippen LogP contribution in [0.3, 0.4) is 0 Å². The molecule has 0 aliphatic carbocycles. The summed E-state index contributed by atoms with van der Waals surface area (Å²) in [6, 6.07) is 31.2. The lowest BCUT2D eigenvalue weighted by Gasteiger charge is -2.29. The summed E-state index contributed by atoms with van der Waals surface area (Å²) in [5.41, 5.74) is 3.10. The Bertz CT molecular complexity index is 1790. The molecule has 43 heavy (non-hydrogen) atoms. The molecular weight excluding hydrogens is 562 g/mol. The van der Waals surface area contributed by atoms with Crippen molar-refractivity contribution in [2.45, 2.75) is 25.3 Å². The van der Waals surface area contributed by atoms with Gasteiger partial charge < -0.3 is 9.64 Å². The van der Waals surface area contributed by atoms with E-state index < -0.39 is 17.3 Å². The van der Waals surface area contributed by atoms with Crippen LogP contribution in [0, 0.1) is 6.92 Å². The van der Waals surface area contributed by atoms with E-state index in [1.54, 1.807) is 47.4 Å². The predicted octanol–water partition coefficient (Wildman–Crippen LogP) is 6.44. The van der Waals surface area contributed by atoms with Crippen LogP contribution in [0.5, 0.6) is 0 Å². The third-order valence-electron chi connectivity index (χ3n) is 7.89. The molecule has 8 heteroatoms. The number of amides is 2. The molecule has 2 amide bonds. The Labute approximate surface area is 254 Å². The maximum Gasteiger partial charge on any atom is 0.336 e.